The molecular weight excluding hydrogens is 550 g/mol. The molecule has 0 amide bonds. The number of carbonyl (C=O) groups is 1. The standard InChI is InChI=1S/C26H20O4.C9H6ClNO/c27-16-19-3-2-17-5-12-23-24(13-6-18-4-11-22(19)25(17)26(18)23)30-15-1-14-29-21-9-7-20(28)8-10-21;10-6-1-2-7-8(5-6)11-4-3-9(7)12/h2-13,16,28H,1,14-15H2;1-5H,(H,11,12). The van der Waals surface area contributed by atoms with Crippen LogP contribution in [-0.2, 0) is 0 Å². The minimum Gasteiger partial charge on any atom is -0.508 e. The molecular formula is C35H26ClNO5. The van der Waals surface area contributed by atoms with Gasteiger partial charge in [-0.05, 0) is 76.1 Å². The molecule has 6 nitrogen and oxygen atoms in total. The Morgan fingerprint density at radius 3 is 2.19 bits per heavy atom. The van der Waals surface area contributed by atoms with Gasteiger partial charge >= 0.3 is 0 Å². The van der Waals surface area contributed by atoms with Crippen molar-refractivity contribution < 1.29 is 19.4 Å². The van der Waals surface area contributed by atoms with Gasteiger partial charge in [0, 0.05) is 45.4 Å². The topological polar surface area (TPSA) is 88.6 Å². The van der Waals surface area contributed by atoms with E-state index < -0.39 is 0 Å². The lowest BCUT2D eigenvalue weighted by Crippen LogP contribution is -2.05. The summed E-state index contributed by atoms with van der Waals surface area (Å²) in [5.74, 6) is 1.78. The van der Waals surface area contributed by atoms with E-state index in [9.17, 15) is 14.7 Å². The third-order valence-electron chi connectivity index (χ3n) is 7.16. The van der Waals surface area contributed by atoms with Crippen molar-refractivity contribution in [3.63, 3.8) is 0 Å². The maximum Gasteiger partial charge on any atom is 0.189 e. The molecule has 0 saturated carbocycles. The van der Waals surface area contributed by atoms with Gasteiger partial charge < -0.3 is 19.6 Å². The van der Waals surface area contributed by atoms with Crippen molar-refractivity contribution in [3.8, 4) is 17.2 Å². The molecule has 1 aromatic heterocycles. The number of H-pyrrole nitrogens is 1. The third-order valence-corrected chi connectivity index (χ3v) is 7.39. The Bertz CT molecular complexity index is 2090. The number of aldehydes is 1. The average molecular weight is 576 g/mol. The van der Waals surface area contributed by atoms with Crippen molar-refractivity contribution in [3.05, 3.63) is 124 Å². The van der Waals surface area contributed by atoms with Crippen LogP contribution >= 0.6 is 11.6 Å². The molecule has 42 heavy (non-hydrogen) atoms. The van der Waals surface area contributed by atoms with Crippen LogP contribution in [0.1, 0.15) is 16.8 Å². The summed E-state index contributed by atoms with van der Waals surface area (Å²) in [6.45, 7) is 1.06. The zero-order chi connectivity index (χ0) is 29.1. The molecule has 0 aliphatic carbocycles. The predicted octanol–water partition coefficient (Wildman–Crippen LogP) is 8.13. The first-order valence-electron chi connectivity index (χ1n) is 13.5. The summed E-state index contributed by atoms with van der Waals surface area (Å²) in [5, 5.41) is 17.1. The highest BCUT2D eigenvalue weighted by Crippen LogP contribution is 2.39. The summed E-state index contributed by atoms with van der Waals surface area (Å²) >= 11 is 5.75. The Balaban J connectivity index is 0.000000219. The first kappa shape index (κ1) is 27.1. The van der Waals surface area contributed by atoms with Crippen LogP contribution in [0.2, 0.25) is 5.02 Å². The fraction of sp³-hybridized carbons (Fsp3) is 0.0857. The van der Waals surface area contributed by atoms with Crippen molar-refractivity contribution in [2.24, 2.45) is 0 Å². The van der Waals surface area contributed by atoms with E-state index in [1.807, 2.05) is 24.3 Å². The molecule has 0 atom stereocenters. The molecule has 7 aromatic rings. The second-order valence-electron chi connectivity index (χ2n) is 9.84. The number of benzene rings is 6. The Labute approximate surface area is 246 Å². The zero-order valence-corrected chi connectivity index (χ0v) is 23.2. The summed E-state index contributed by atoms with van der Waals surface area (Å²) < 4.78 is 11.8. The SMILES string of the molecule is O=Cc1ccc2ccc3c(OCCCOc4ccc(O)cc4)ccc4ccc1c2c43.O=c1cc[nH]c2cc(Cl)ccc12. The molecule has 0 fully saturated rings. The summed E-state index contributed by atoms with van der Waals surface area (Å²) in [6, 6.07) is 29.5. The van der Waals surface area contributed by atoms with Crippen LogP contribution in [0, 0.1) is 0 Å². The van der Waals surface area contributed by atoms with Gasteiger partial charge in [-0.15, -0.1) is 0 Å². The molecule has 0 aliphatic heterocycles. The molecule has 6 aromatic carbocycles. The number of aromatic nitrogens is 1. The van der Waals surface area contributed by atoms with E-state index in [0.717, 1.165) is 62.0 Å². The maximum atomic E-state index is 11.5. The highest BCUT2D eigenvalue weighted by atomic mass is 35.5. The van der Waals surface area contributed by atoms with E-state index in [2.05, 4.69) is 29.2 Å². The van der Waals surface area contributed by atoms with Crippen LogP contribution < -0.4 is 14.9 Å². The van der Waals surface area contributed by atoms with Crippen LogP contribution in [0.15, 0.2) is 108 Å². The van der Waals surface area contributed by atoms with Crippen molar-refractivity contribution in [1.29, 1.82) is 0 Å². The van der Waals surface area contributed by atoms with Crippen LogP contribution in [0.5, 0.6) is 17.2 Å². The smallest absolute Gasteiger partial charge is 0.189 e. The first-order valence-corrected chi connectivity index (χ1v) is 13.9. The van der Waals surface area contributed by atoms with Gasteiger partial charge in [-0.3, -0.25) is 9.59 Å². The minimum atomic E-state index is 0.0143. The number of aromatic hydroxyl groups is 1. The van der Waals surface area contributed by atoms with Crippen molar-refractivity contribution in [1.82, 2.24) is 4.98 Å². The van der Waals surface area contributed by atoms with E-state index in [-0.39, 0.29) is 11.2 Å². The Morgan fingerprint density at radius 2 is 1.40 bits per heavy atom. The molecule has 1 heterocycles. The molecule has 0 saturated heterocycles. The fourth-order valence-corrected chi connectivity index (χ4v) is 5.32. The molecule has 0 spiro atoms. The van der Waals surface area contributed by atoms with Gasteiger partial charge in [0.15, 0.2) is 11.7 Å². The van der Waals surface area contributed by atoms with E-state index in [1.165, 1.54) is 6.07 Å². The summed E-state index contributed by atoms with van der Waals surface area (Å²) in [7, 11) is 0. The van der Waals surface area contributed by atoms with E-state index in [1.54, 1.807) is 48.7 Å². The monoisotopic (exact) mass is 575 g/mol. The normalized spacial score (nSPS) is 11.1. The molecule has 0 bridgehead atoms. The Hall–Kier alpha value is -5.07. The van der Waals surface area contributed by atoms with E-state index >= 15 is 0 Å². The molecule has 2 N–H and O–H groups in total. The number of phenolic OH excluding ortho intramolecular Hbond substituents is 1. The Kier molecular flexibility index (Phi) is 7.62. The molecule has 0 aliphatic rings. The number of halogens is 1. The molecule has 7 rings (SSSR count). The van der Waals surface area contributed by atoms with Crippen LogP contribution in [0.3, 0.4) is 0 Å². The highest BCUT2D eigenvalue weighted by molar-refractivity contribution is 6.31. The van der Waals surface area contributed by atoms with Gasteiger partial charge in [-0.25, -0.2) is 0 Å². The second kappa shape index (κ2) is 11.8. The number of hydrogen-bond donors (Lipinski definition) is 2. The third kappa shape index (κ3) is 5.45. The van der Waals surface area contributed by atoms with Gasteiger partial charge in [0.05, 0.1) is 18.7 Å². The van der Waals surface area contributed by atoms with Gasteiger partial charge in [0.25, 0.3) is 0 Å². The van der Waals surface area contributed by atoms with Crippen LogP contribution in [0.4, 0.5) is 0 Å². The lowest BCUT2D eigenvalue weighted by atomic mass is 9.92. The minimum absolute atomic E-state index is 0.0143. The predicted molar refractivity (Wildman–Crippen MR) is 169 cm³/mol. The number of rotatable bonds is 7. The van der Waals surface area contributed by atoms with Crippen LogP contribution in [0.25, 0.3) is 43.2 Å². The number of aromatic amines is 1. The lowest BCUT2D eigenvalue weighted by Gasteiger charge is -2.15. The molecule has 0 radical (unpaired) electrons. The Morgan fingerprint density at radius 1 is 0.738 bits per heavy atom. The van der Waals surface area contributed by atoms with Crippen molar-refractivity contribution >= 4 is 61.1 Å². The van der Waals surface area contributed by atoms with Crippen molar-refractivity contribution in [2.75, 3.05) is 13.2 Å². The van der Waals surface area contributed by atoms with E-state index in [4.69, 9.17) is 21.1 Å². The average Bonchev–Trinajstić information content (AvgIpc) is 3.01. The second-order valence-corrected chi connectivity index (χ2v) is 10.3. The number of phenols is 1. The molecule has 7 heteroatoms. The largest absolute Gasteiger partial charge is 0.508 e. The van der Waals surface area contributed by atoms with Gasteiger partial charge in [0.1, 0.15) is 17.2 Å². The van der Waals surface area contributed by atoms with Gasteiger partial charge in [-0.1, -0.05) is 48.0 Å². The quantitative estimate of drug-likeness (QED) is 0.114. The number of nitrogens with one attached hydrogen (secondary N) is 1. The van der Waals surface area contributed by atoms with E-state index in [0.29, 0.717) is 29.2 Å². The number of carbonyl (C=O) groups excluding carboxylic acids is 1. The first-order chi connectivity index (χ1) is 20.5. The summed E-state index contributed by atoms with van der Waals surface area (Å²) in [4.78, 5) is 25.7. The number of hydrogen-bond acceptors (Lipinski definition) is 5. The number of pyridine rings is 1. The van der Waals surface area contributed by atoms with Crippen LogP contribution in [-0.4, -0.2) is 29.6 Å². The summed E-state index contributed by atoms with van der Waals surface area (Å²) in [5.41, 5.74) is 1.49. The number of fused-ring (bicyclic) bond motifs is 1. The zero-order valence-electron chi connectivity index (χ0n) is 22.5. The lowest BCUT2D eigenvalue weighted by molar-refractivity contribution is 0.112. The number of ether oxygens (including phenoxy) is 2. The maximum absolute atomic E-state index is 11.5. The molecule has 208 valence electrons. The van der Waals surface area contributed by atoms with Gasteiger partial charge in [-0.2, -0.15) is 0 Å². The van der Waals surface area contributed by atoms with Crippen molar-refractivity contribution in [2.45, 2.75) is 6.42 Å². The molecule has 0 unspecified atom stereocenters. The highest BCUT2D eigenvalue weighted by Gasteiger charge is 2.13. The summed E-state index contributed by atoms with van der Waals surface area (Å²) in [6.07, 6.45) is 3.26. The van der Waals surface area contributed by atoms with Gasteiger partial charge in [0.2, 0.25) is 0 Å². The fourth-order valence-electron chi connectivity index (χ4n) is 5.15.